The predicted molar refractivity (Wildman–Crippen MR) is 113 cm³/mol. The number of nitrogens with zero attached hydrogens (tertiary/aromatic N) is 2. The van der Waals surface area contributed by atoms with Crippen LogP contribution in [0.15, 0.2) is 56.0 Å². The zero-order valence-electron chi connectivity index (χ0n) is 15.3. The number of aliphatic imine (C=N–C) groups is 1. The molecule has 0 atom stereocenters. The summed E-state index contributed by atoms with van der Waals surface area (Å²) in [6.07, 6.45) is 1.51. The molecule has 1 aliphatic heterocycles. The molecule has 0 aromatic heterocycles. The first-order chi connectivity index (χ1) is 14.3. The number of ether oxygens (including phenoxy) is 3. The molecule has 0 N–H and O–H groups in total. The maximum Gasteiger partial charge on any atom is 0.363 e. The van der Waals surface area contributed by atoms with Gasteiger partial charge < -0.3 is 14.2 Å². The van der Waals surface area contributed by atoms with Gasteiger partial charge in [-0.25, -0.2) is 14.6 Å². The first kappa shape index (κ1) is 21.7. The molecule has 0 unspecified atom stereocenters. The van der Waals surface area contributed by atoms with Crippen molar-refractivity contribution in [2.45, 2.75) is 0 Å². The van der Waals surface area contributed by atoms with Gasteiger partial charge in [0.25, 0.3) is 5.69 Å². The Kier molecular flexibility index (Phi) is 6.63. The molecule has 11 heteroatoms. The highest BCUT2D eigenvalue weighted by Gasteiger charge is 2.25. The minimum absolute atomic E-state index is 0.0531. The molecule has 0 saturated carbocycles. The van der Waals surface area contributed by atoms with Crippen molar-refractivity contribution in [2.75, 3.05) is 13.7 Å². The van der Waals surface area contributed by atoms with Crippen molar-refractivity contribution in [1.82, 2.24) is 0 Å². The number of carbonyl (C=O) groups is 2. The van der Waals surface area contributed by atoms with Crippen LogP contribution in [0.25, 0.3) is 6.08 Å². The van der Waals surface area contributed by atoms with E-state index in [0.29, 0.717) is 25.8 Å². The van der Waals surface area contributed by atoms with E-state index in [1.165, 1.54) is 37.5 Å². The van der Waals surface area contributed by atoms with E-state index >= 15 is 0 Å². The number of nitro groups is 1. The average molecular weight is 540 g/mol. The van der Waals surface area contributed by atoms with Gasteiger partial charge in [-0.15, -0.1) is 0 Å². The number of benzene rings is 2. The fraction of sp³-hybridized carbons (Fsp3) is 0.105. The van der Waals surface area contributed by atoms with Crippen molar-refractivity contribution in [3.8, 4) is 5.75 Å². The highest BCUT2D eigenvalue weighted by molar-refractivity contribution is 9.11. The third-order valence-electron chi connectivity index (χ3n) is 3.83. The summed E-state index contributed by atoms with van der Waals surface area (Å²) < 4.78 is 16.2. The van der Waals surface area contributed by atoms with Crippen LogP contribution in [0.4, 0.5) is 5.69 Å². The second-order valence-electron chi connectivity index (χ2n) is 5.82. The number of carbonyl (C=O) groups excluding carboxylic acids is 2. The first-order valence-corrected chi connectivity index (χ1v) is 9.83. The van der Waals surface area contributed by atoms with Crippen molar-refractivity contribution in [1.29, 1.82) is 0 Å². The van der Waals surface area contributed by atoms with Crippen LogP contribution in [0.5, 0.6) is 5.75 Å². The molecule has 0 spiro atoms. The van der Waals surface area contributed by atoms with Crippen LogP contribution >= 0.6 is 31.9 Å². The van der Waals surface area contributed by atoms with Crippen LogP contribution in [0.2, 0.25) is 0 Å². The van der Waals surface area contributed by atoms with Gasteiger partial charge in [-0.2, -0.15) is 0 Å². The standard InChI is InChI=1S/C19H12Br2N2O7/c1-28-16(24)9-29-17-13(20)6-10(7-14(17)21)8-15-19(25)30-18(22-15)11-2-4-12(5-3-11)23(26)27/h2-8H,9H2,1H3/b15-8-. The molecule has 2 aromatic carbocycles. The van der Waals surface area contributed by atoms with E-state index < -0.39 is 16.9 Å². The number of rotatable bonds is 6. The van der Waals surface area contributed by atoms with Crippen LogP contribution in [0, 0.1) is 10.1 Å². The predicted octanol–water partition coefficient (Wildman–Crippen LogP) is 4.02. The lowest BCUT2D eigenvalue weighted by Crippen LogP contribution is -2.13. The number of methoxy groups -OCH3 is 1. The summed E-state index contributed by atoms with van der Waals surface area (Å²) >= 11 is 6.72. The third-order valence-corrected chi connectivity index (χ3v) is 5.01. The summed E-state index contributed by atoms with van der Waals surface area (Å²) in [5.74, 6) is -0.729. The largest absolute Gasteiger partial charge is 0.480 e. The molecular formula is C19H12Br2N2O7. The van der Waals surface area contributed by atoms with Crippen LogP contribution < -0.4 is 4.74 Å². The molecule has 2 aromatic rings. The monoisotopic (exact) mass is 538 g/mol. The van der Waals surface area contributed by atoms with E-state index in [4.69, 9.17) is 9.47 Å². The van der Waals surface area contributed by atoms with E-state index in [0.717, 1.165) is 0 Å². The van der Waals surface area contributed by atoms with Gasteiger partial charge in [-0.05, 0) is 67.8 Å². The quantitative estimate of drug-likeness (QED) is 0.235. The van der Waals surface area contributed by atoms with Crippen LogP contribution in [-0.2, 0) is 19.1 Å². The zero-order chi connectivity index (χ0) is 21.8. The van der Waals surface area contributed by atoms with Crippen LogP contribution in [0.1, 0.15) is 11.1 Å². The Bertz CT molecular complexity index is 1070. The molecule has 3 rings (SSSR count). The van der Waals surface area contributed by atoms with Gasteiger partial charge in [0.05, 0.1) is 21.0 Å². The second kappa shape index (κ2) is 9.18. The number of hydrogen-bond donors (Lipinski definition) is 0. The number of non-ortho nitro benzene ring substituents is 1. The molecule has 0 radical (unpaired) electrons. The Labute approximate surface area is 186 Å². The molecule has 0 bridgehead atoms. The molecule has 1 heterocycles. The topological polar surface area (TPSA) is 117 Å². The Morgan fingerprint density at radius 3 is 2.43 bits per heavy atom. The Morgan fingerprint density at radius 1 is 1.23 bits per heavy atom. The summed E-state index contributed by atoms with van der Waals surface area (Å²) in [6.45, 7) is -0.261. The zero-order valence-corrected chi connectivity index (χ0v) is 18.4. The normalized spacial score (nSPS) is 14.3. The molecule has 0 aliphatic carbocycles. The minimum Gasteiger partial charge on any atom is -0.480 e. The minimum atomic E-state index is -0.651. The number of cyclic esters (lactones) is 1. The van der Waals surface area contributed by atoms with Crippen molar-refractivity contribution >= 4 is 61.5 Å². The number of halogens is 2. The maximum absolute atomic E-state index is 12.2. The summed E-state index contributed by atoms with van der Waals surface area (Å²) in [6, 6.07) is 8.86. The summed E-state index contributed by atoms with van der Waals surface area (Å²) in [7, 11) is 1.26. The van der Waals surface area contributed by atoms with Gasteiger partial charge in [-0.1, -0.05) is 0 Å². The van der Waals surface area contributed by atoms with Crippen LogP contribution in [0.3, 0.4) is 0 Å². The van der Waals surface area contributed by atoms with Crippen molar-refractivity contribution in [3.63, 3.8) is 0 Å². The SMILES string of the molecule is COC(=O)COc1c(Br)cc(/C=C2\N=C(c3ccc([N+](=O)[O-])cc3)OC2=O)cc1Br. The molecule has 154 valence electrons. The molecule has 0 saturated heterocycles. The number of hydrogen-bond acceptors (Lipinski definition) is 8. The third kappa shape index (κ3) is 4.92. The van der Waals surface area contributed by atoms with Crippen molar-refractivity contribution in [2.24, 2.45) is 4.99 Å². The number of nitro benzene ring substituents is 1. The lowest BCUT2D eigenvalue weighted by atomic mass is 10.2. The highest BCUT2D eigenvalue weighted by atomic mass is 79.9. The van der Waals surface area contributed by atoms with Crippen molar-refractivity contribution in [3.05, 3.63) is 72.3 Å². The molecule has 1 aliphatic rings. The molecule has 9 nitrogen and oxygen atoms in total. The van der Waals surface area contributed by atoms with Gasteiger partial charge in [0.2, 0.25) is 5.90 Å². The molecular weight excluding hydrogens is 528 g/mol. The fourth-order valence-corrected chi connectivity index (χ4v) is 3.86. The molecule has 0 amide bonds. The van der Waals surface area contributed by atoms with Gasteiger partial charge in [0.1, 0.15) is 5.75 Å². The lowest BCUT2D eigenvalue weighted by molar-refractivity contribution is -0.384. The van der Waals surface area contributed by atoms with Gasteiger partial charge in [0, 0.05) is 17.7 Å². The lowest BCUT2D eigenvalue weighted by Gasteiger charge is -2.10. The Hall–Kier alpha value is -3.05. The summed E-state index contributed by atoms with van der Waals surface area (Å²) in [5, 5.41) is 10.8. The number of esters is 2. The maximum atomic E-state index is 12.2. The van der Waals surface area contributed by atoms with E-state index in [1.54, 1.807) is 12.1 Å². The molecule has 30 heavy (non-hydrogen) atoms. The van der Waals surface area contributed by atoms with Crippen molar-refractivity contribution < 1.29 is 28.7 Å². The van der Waals surface area contributed by atoms with Gasteiger partial charge in [0.15, 0.2) is 12.3 Å². The van der Waals surface area contributed by atoms with E-state index in [9.17, 15) is 19.7 Å². The van der Waals surface area contributed by atoms with E-state index in [1.807, 2.05) is 0 Å². The first-order valence-electron chi connectivity index (χ1n) is 8.24. The van der Waals surface area contributed by atoms with E-state index in [-0.39, 0.29) is 23.9 Å². The molecule has 0 fully saturated rings. The average Bonchev–Trinajstić information content (AvgIpc) is 3.07. The second-order valence-corrected chi connectivity index (χ2v) is 7.53. The Balaban J connectivity index is 1.84. The van der Waals surface area contributed by atoms with Gasteiger partial charge >= 0.3 is 11.9 Å². The highest BCUT2D eigenvalue weighted by Crippen LogP contribution is 2.35. The fourth-order valence-electron chi connectivity index (χ4n) is 2.41. The summed E-state index contributed by atoms with van der Waals surface area (Å²) in [5.41, 5.74) is 1.03. The van der Waals surface area contributed by atoms with E-state index in [2.05, 4.69) is 41.6 Å². The van der Waals surface area contributed by atoms with Crippen LogP contribution in [-0.4, -0.2) is 36.5 Å². The Morgan fingerprint density at radius 2 is 1.87 bits per heavy atom. The smallest absolute Gasteiger partial charge is 0.363 e. The summed E-state index contributed by atoms with van der Waals surface area (Å²) in [4.78, 5) is 37.8. The van der Waals surface area contributed by atoms with Gasteiger partial charge in [-0.3, -0.25) is 10.1 Å².